The van der Waals surface area contributed by atoms with E-state index < -0.39 is 0 Å². The van der Waals surface area contributed by atoms with Crippen LogP contribution in [-0.2, 0) is 0 Å². The standard InChI is InChI=1S/C8H16N2O/c1-6-7(2)10-4-3-9(6)5-8(10)11/h6-8,11H,3-5H2,1-2H3. The van der Waals surface area contributed by atoms with Gasteiger partial charge in [0.05, 0.1) is 0 Å². The Hall–Kier alpha value is -0.120. The highest BCUT2D eigenvalue weighted by Gasteiger charge is 2.40. The number of piperazine rings is 3. The molecule has 3 heterocycles. The van der Waals surface area contributed by atoms with Gasteiger partial charge in [0.2, 0.25) is 0 Å². The Morgan fingerprint density at radius 3 is 2.36 bits per heavy atom. The van der Waals surface area contributed by atoms with Crippen molar-refractivity contribution in [3.05, 3.63) is 0 Å². The Morgan fingerprint density at radius 1 is 1.18 bits per heavy atom. The van der Waals surface area contributed by atoms with Crippen LogP contribution in [0.25, 0.3) is 0 Å². The van der Waals surface area contributed by atoms with E-state index in [4.69, 9.17) is 0 Å². The fourth-order valence-electron chi connectivity index (χ4n) is 2.23. The maximum atomic E-state index is 9.57. The van der Waals surface area contributed by atoms with Gasteiger partial charge >= 0.3 is 0 Å². The van der Waals surface area contributed by atoms with E-state index in [2.05, 4.69) is 23.6 Å². The lowest BCUT2D eigenvalue weighted by atomic mass is 10.0. The lowest BCUT2D eigenvalue weighted by Gasteiger charge is -2.53. The third-order valence-corrected chi connectivity index (χ3v) is 3.22. The van der Waals surface area contributed by atoms with E-state index in [9.17, 15) is 5.11 Å². The number of hydrogen-bond acceptors (Lipinski definition) is 3. The van der Waals surface area contributed by atoms with Crippen LogP contribution in [0.1, 0.15) is 13.8 Å². The van der Waals surface area contributed by atoms with Crippen molar-refractivity contribution in [2.24, 2.45) is 0 Å². The van der Waals surface area contributed by atoms with Crippen molar-refractivity contribution in [1.29, 1.82) is 0 Å². The summed E-state index contributed by atoms with van der Waals surface area (Å²) in [6.45, 7) is 7.43. The van der Waals surface area contributed by atoms with Crippen LogP contribution in [0.15, 0.2) is 0 Å². The van der Waals surface area contributed by atoms with Gasteiger partial charge in [-0.1, -0.05) is 0 Å². The molecule has 5 unspecified atom stereocenters. The Balaban J connectivity index is 2.16. The molecule has 0 radical (unpaired) electrons. The molecule has 2 bridgehead atoms. The average molecular weight is 156 g/mol. The second-order valence-electron chi connectivity index (χ2n) is 3.69. The highest BCUT2D eigenvalue weighted by Crippen LogP contribution is 2.24. The largest absolute Gasteiger partial charge is 0.377 e. The van der Waals surface area contributed by atoms with Crippen LogP contribution in [0.2, 0.25) is 0 Å². The first-order valence-electron chi connectivity index (χ1n) is 4.38. The second-order valence-corrected chi connectivity index (χ2v) is 3.69. The van der Waals surface area contributed by atoms with Crippen LogP contribution in [0.3, 0.4) is 0 Å². The molecule has 5 atom stereocenters. The predicted molar refractivity (Wildman–Crippen MR) is 43.2 cm³/mol. The number of aliphatic hydroxyl groups excluding tert-OH is 1. The molecule has 0 spiro atoms. The van der Waals surface area contributed by atoms with Crippen LogP contribution in [0.5, 0.6) is 0 Å². The molecule has 0 saturated carbocycles. The molecule has 0 amide bonds. The molecule has 0 aromatic rings. The van der Waals surface area contributed by atoms with E-state index in [0.29, 0.717) is 12.1 Å². The van der Waals surface area contributed by atoms with Gasteiger partial charge in [0, 0.05) is 31.7 Å². The van der Waals surface area contributed by atoms with E-state index in [1.165, 1.54) is 0 Å². The normalized spacial score (nSPS) is 56.5. The first-order chi connectivity index (χ1) is 5.20. The summed E-state index contributed by atoms with van der Waals surface area (Å²) in [4.78, 5) is 4.57. The van der Waals surface area contributed by atoms with E-state index >= 15 is 0 Å². The third kappa shape index (κ3) is 0.991. The number of aliphatic hydroxyl groups is 1. The van der Waals surface area contributed by atoms with Crippen molar-refractivity contribution in [3.63, 3.8) is 0 Å². The van der Waals surface area contributed by atoms with Crippen molar-refractivity contribution < 1.29 is 5.11 Å². The van der Waals surface area contributed by atoms with Crippen molar-refractivity contribution in [1.82, 2.24) is 9.80 Å². The minimum Gasteiger partial charge on any atom is -0.377 e. The number of nitrogens with zero attached hydrogens (tertiary/aromatic N) is 2. The molecule has 0 aromatic carbocycles. The lowest BCUT2D eigenvalue weighted by Crippen LogP contribution is -2.68. The molecule has 11 heavy (non-hydrogen) atoms. The molecule has 3 aliphatic rings. The van der Waals surface area contributed by atoms with Crippen LogP contribution >= 0.6 is 0 Å². The van der Waals surface area contributed by atoms with Gasteiger partial charge in [0.1, 0.15) is 6.23 Å². The summed E-state index contributed by atoms with van der Waals surface area (Å²) in [6.07, 6.45) is -0.213. The Kier molecular flexibility index (Phi) is 1.67. The molecule has 64 valence electrons. The number of fused-ring (bicyclic) bond motifs is 3. The van der Waals surface area contributed by atoms with Gasteiger partial charge in [-0.05, 0) is 13.8 Å². The Morgan fingerprint density at radius 2 is 1.91 bits per heavy atom. The topological polar surface area (TPSA) is 26.7 Å². The SMILES string of the molecule is CC1C(C)N2CCN1CC2O. The van der Waals surface area contributed by atoms with Crippen LogP contribution in [0.4, 0.5) is 0 Å². The minimum atomic E-state index is -0.213. The molecule has 3 fully saturated rings. The molecule has 3 nitrogen and oxygen atoms in total. The van der Waals surface area contributed by atoms with Crippen molar-refractivity contribution >= 4 is 0 Å². The molecule has 3 aliphatic heterocycles. The van der Waals surface area contributed by atoms with Crippen LogP contribution in [-0.4, -0.2) is 52.9 Å². The smallest absolute Gasteiger partial charge is 0.120 e. The Labute approximate surface area is 67.6 Å². The van der Waals surface area contributed by atoms with Gasteiger partial charge in [-0.2, -0.15) is 0 Å². The molecular weight excluding hydrogens is 140 g/mol. The van der Waals surface area contributed by atoms with Crippen LogP contribution in [0, 0.1) is 0 Å². The minimum absolute atomic E-state index is 0.213. The molecule has 3 heteroatoms. The number of hydrogen-bond donors (Lipinski definition) is 1. The van der Waals surface area contributed by atoms with Gasteiger partial charge < -0.3 is 5.11 Å². The summed E-state index contributed by atoms with van der Waals surface area (Å²) in [6, 6.07) is 1.14. The van der Waals surface area contributed by atoms with E-state index in [0.717, 1.165) is 19.6 Å². The zero-order chi connectivity index (χ0) is 8.01. The molecule has 0 aromatic heterocycles. The maximum absolute atomic E-state index is 9.57. The van der Waals surface area contributed by atoms with Gasteiger partial charge in [0.15, 0.2) is 0 Å². The van der Waals surface area contributed by atoms with Gasteiger partial charge in [-0.3, -0.25) is 9.80 Å². The summed E-state index contributed by atoms with van der Waals surface area (Å²) in [7, 11) is 0. The lowest BCUT2D eigenvalue weighted by molar-refractivity contribution is -0.143. The number of rotatable bonds is 0. The summed E-state index contributed by atoms with van der Waals surface area (Å²) in [5, 5.41) is 9.57. The van der Waals surface area contributed by atoms with Gasteiger partial charge in [-0.25, -0.2) is 0 Å². The Bertz CT molecular complexity index is 160. The molecule has 0 aliphatic carbocycles. The third-order valence-electron chi connectivity index (χ3n) is 3.22. The van der Waals surface area contributed by atoms with E-state index in [1.807, 2.05) is 0 Å². The molecular formula is C8H16N2O. The summed E-state index contributed by atoms with van der Waals surface area (Å²) in [5.74, 6) is 0. The quantitative estimate of drug-likeness (QED) is 0.522. The zero-order valence-corrected chi connectivity index (χ0v) is 7.20. The monoisotopic (exact) mass is 156 g/mol. The van der Waals surface area contributed by atoms with Gasteiger partial charge in [-0.15, -0.1) is 0 Å². The average Bonchev–Trinajstić information content (AvgIpc) is 1.99. The maximum Gasteiger partial charge on any atom is 0.120 e. The molecule has 1 N–H and O–H groups in total. The highest BCUT2D eigenvalue weighted by atomic mass is 16.3. The van der Waals surface area contributed by atoms with Crippen LogP contribution < -0.4 is 0 Å². The highest BCUT2D eigenvalue weighted by molar-refractivity contribution is 4.93. The summed E-state index contributed by atoms with van der Waals surface area (Å²) in [5.41, 5.74) is 0. The van der Waals surface area contributed by atoms with Crippen molar-refractivity contribution in [2.75, 3.05) is 19.6 Å². The van der Waals surface area contributed by atoms with E-state index in [-0.39, 0.29) is 6.23 Å². The zero-order valence-electron chi connectivity index (χ0n) is 7.20. The predicted octanol–water partition coefficient (Wildman–Crippen LogP) is -0.287. The molecule has 3 rings (SSSR count). The summed E-state index contributed by atoms with van der Waals surface area (Å²) >= 11 is 0. The fourth-order valence-corrected chi connectivity index (χ4v) is 2.23. The fraction of sp³-hybridized carbons (Fsp3) is 1.00. The first kappa shape index (κ1) is 7.53. The van der Waals surface area contributed by atoms with Crippen molar-refractivity contribution in [2.45, 2.75) is 32.2 Å². The summed E-state index contributed by atoms with van der Waals surface area (Å²) < 4.78 is 0. The second kappa shape index (κ2) is 2.44. The van der Waals surface area contributed by atoms with E-state index in [1.54, 1.807) is 0 Å². The van der Waals surface area contributed by atoms with Gasteiger partial charge in [0.25, 0.3) is 0 Å². The molecule has 3 saturated heterocycles. The van der Waals surface area contributed by atoms with Crippen molar-refractivity contribution in [3.8, 4) is 0 Å². The first-order valence-corrected chi connectivity index (χ1v) is 4.38.